The van der Waals surface area contributed by atoms with Gasteiger partial charge in [-0.1, -0.05) is 0 Å². The second-order valence-corrected chi connectivity index (χ2v) is 4.60. The van der Waals surface area contributed by atoms with E-state index in [0.717, 1.165) is 0 Å². The van der Waals surface area contributed by atoms with E-state index < -0.39 is 12.2 Å². The van der Waals surface area contributed by atoms with Crippen molar-refractivity contribution >= 4 is 0 Å². The maximum absolute atomic E-state index is 9.69. The molecule has 2 N–H and O–H groups in total. The Morgan fingerprint density at radius 1 is 0.714 bits per heavy atom. The molecule has 0 bridgehead atoms. The zero-order chi connectivity index (χ0) is 10.0. The third kappa shape index (κ3) is 0.706. The lowest BCUT2D eigenvalue weighted by molar-refractivity contribution is -0.0271. The monoisotopic (exact) mass is 190 g/mol. The molecule has 4 nitrogen and oxygen atoms in total. The molecule has 0 aromatic heterocycles. The smallest absolute Gasteiger partial charge is 0.0846 e. The van der Waals surface area contributed by atoms with Crippen molar-refractivity contribution in [2.24, 2.45) is 35.5 Å². The number of rotatable bonds is 0. The fourth-order valence-electron chi connectivity index (χ4n) is 3.39. The molecule has 3 aliphatic carbocycles. The molecular weight excluding hydrogens is 180 g/mol. The summed E-state index contributed by atoms with van der Waals surface area (Å²) in [4.78, 5) is 0. The molecule has 72 valence electrons. The van der Waals surface area contributed by atoms with Gasteiger partial charge in [0, 0.05) is 11.8 Å². The van der Waals surface area contributed by atoms with E-state index in [1.807, 2.05) is 0 Å². The first-order valence-corrected chi connectivity index (χ1v) is 4.87. The van der Waals surface area contributed by atoms with Crippen molar-refractivity contribution in [2.75, 3.05) is 0 Å². The van der Waals surface area contributed by atoms with E-state index in [4.69, 9.17) is 10.5 Å². The Bertz CT molecular complexity index is 333. The summed E-state index contributed by atoms with van der Waals surface area (Å²) in [5.41, 5.74) is 0. The van der Waals surface area contributed by atoms with Crippen LogP contribution in [0.4, 0.5) is 0 Å². The molecule has 0 spiro atoms. The average molecular weight is 190 g/mol. The molecule has 3 rings (SSSR count). The van der Waals surface area contributed by atoms with Crippen LogP contribution in [-0.2, 0) is 0 Å². The summed E-state index contributed by atoms with van der Waals surface area (Å²) in [6.45, 7) is 0. The van der Waals surface area contributed by atoms with Crippen LogP contribution in [0.5, 0.6) is 0 Å². The molecule has 0 unspecified atom stereocenters. The molecule has 4 heteroatoms. The maximum Gasteiger partial charge on any atom is 0.0846 e. The quantitative estimate of drug-likeness (QED) is 0.538. The van der Waals surface area contributed by atoms with E-state index in [-0.39, 0.29) is 35.5 Å². The van der Waals surface area contributed by atoms with Crippen molar-refractivity contribution in [1.82, 2.24) is 0 Å². The lowest BCUT2D eigenvalue weighted by atomic mass is 9.95. The Morgan fingerprint density at radius 3 is 1.36 bits per heavy atom. The maximum atomic E-state index is 9.69. The normalized spacial score (nSPS) is 62.9. The van der Waals surface area contributed by atoms with E-state index >= 15 is 0 Å². The first kappa shape index (κ1) is 8.23. The van der Waals surface area contributed by atoms with E-state index in [0.29, 0.717) is 0 Å². The predicted molar refractivity (Wildman–Crippen MR) is 44.2 cm³/mol. The molecule has 8 atom stereocenters. The van der Waals surface area contributed by atoms with Gasteiger partial charge in [-0.05, 0) is 11.8 Å². The highest BCUT2D eigenvalue weighted by molar-refractivity contribution is 5.29. The Kier molecular flexibility index (Phi) is 1.34. The highest BCUT2D eigenvalue weighted by Gasteiger charge is 2.75. The SMILES string of the molecule is N#C[C@@H]1[C@H]2[C@H]3[C@H](C#N)[C@H]3[C@H](O)[C@H](O)[C@@H]12. The van der Waals surface area contributed by atoms with Crippen LogP contribution >= 0.6 is 0 Å². The average Bonchev–Trinajstić information content (AvgIpc) is 3.04. The number of aliphatic hydroxyl groups is 2. The van der Waals surface area contributed by atoms with Gasteiger partial charge >= 0.3 is 0 Å². The van der Waals surface area contributed by atoms with Crippen LogP contribution in [0.3, 0.4) is 0 Å². The van der Waals surface area contributed by atoms with Gasteiger partial charge in [-0.3, -0.25) is 0 Å². The number of fused-ring (bicyclic) bond motifs is 3. The van der Waals surface area contributed by atoms with E-state index in [1.165, 1.54) is 0 Å². The van der Waals surface area contributed by atoms with Crippen molar-refractivity contribution in [1.29, 1.82) is 10.5 Å². The standard InChI is InChI=1S/C10H10N2O2/c11-1-3-5-6-4(2-12)8(6)10(14)9(13)7(3)5/h3-10,13-14H/t3-,4+,5+,6-,7+,8-,9-,10+. The molecule has 3 aliphatic rings. The minimum absolute atomic E-state index is 0.0744. The summed E-state index contributed by atoms with van der Waals surface area (Å²) in [5, 5.41) is 37.0. The highest BCUT2D eigenvalue weighted by Crippen LogP contribution is 2.70. The second kappa shape index (κ2) is 2.28. The summed E-state index contributed by atoms with van der Waals surface area (Å²) >= 11 is 0. The van der Waals surface area contributed by atoms with Crippen LogP contribution in [0.2, 0.25) is 0 Å². The summed E-state index contributed by atoms with van der Waals surface area (Å²) in [6.07, 6.45) is -1.58. The van der Waals surface area contributed by atoms with Crippen LogP contribution in [0, 0.1) is 58.2 Å². The third-order valence-electron chi connectivity index (χ3n) is 4.15. The third-order valence-corrected chi connectivity index (χ3v) is 4.15. The van der Waals surface area contributed by atoms with Crippen molar-refractivity contribution in [3.63, 3.8) is 0 Å². The molecule has 3 fully saturated rings. The van der Waals surface area contributed by atoms with Gasteiger partial charge in [-0.15, -0.1) is 0 Å². The number of hydrogen-bond donors (Lipinski definition) is 2. The Balaban J connectivity index is 1.90. The lowest BCUT2D eigenvalue weighted by Gasteiger charge is -2.21. The Hall–Kier alpha value is -1.10. The minimum Gasteiger partial charge on any atom is -0.390 e. The number of nitrogens with zero attached hydrogens (tertiary/aromatic N) is 2. The fraction of sp³-hybridized carbons (Fsp3) is 0.800. The molecule has 0 aromatic rings. The van der Waals surface area contributed by atoms with Gasteiger partial charge in [0.05, 0.1) is 36.2 Å². The van der Waals surface area contributed by atoms with Gasteiger partial charge < -0.3 is 10.2 Å². The van der Waals surface area contributed by atoms with Crippen molar-refractivity contribution in [3.05, 3.63) is 0 Å². The van der Waals surface area contributed by atoms with Crippen molar-refractivity contribution in [2.45, 2.75) is 12.2 Å². The van der Waals surface area contributed by atoms with Crippen LogP contribution < -0.4 is 0 Å². The van der Waals surface area contributed by atoms with Gasteiger partial charge in [0.15, 0.2) is 0 Å². The zero-order valence-electron chi connectivity index (χ0n) is 7.41. The molecule has 0 saturated heterocycles. The molecule has 0 aliphatic heterocycles. The van der Waals surface area contributed by atoms with Gasteiger partial charge in [0.25, 0.3) is 0 Å². The second-order valence-electron chi connectivity index (χ2n) is 4.60. The van der Waals surface area contributed by atoms with Crippen LogP contribution in [0.15, 0.2) is 0 Å². The fourth-order valence-corrected chi connectivity index (χ4v) is 3.39. The summed E-state index contributed by atoms with van der Waals surface area (Å²) in [5.74, 6) is -0.0636. The predicted octanol–water partition coefficient (Wildman–Crippen LogP) is -0.507. The molecular formula is C10H10N2O2. The Morgan fingerprint density at radius 2 is 1.07 bits per heavy atom. The molecule has 14 heavy (non-hydrogen) atoms. The van der Waals surface area contributed by atoms with E-state index in [9.17, 15) is 10.2 Å². The van der Waals surface area contributed by atoms with Gasteiger partial charge in [0.1, 0.15) is 0 Å². The van der Waals surface area contributed by atoms with Crippen LogP contribution in [0.1, 0.15) is 0 Å². The van der Waals surface area contributed by atoms with E-state index in [2.05, 4.69) is 12.1 Å². The summed E-state index contributed by atoms with van der Waals surface area (Å²) < 4.78 is 0. The first-order chi connectivity index (χ1) is 6.72. The van der Waals surface area contributed by atoms with E-state index in [1.54, 1.807) is 0 Å². The molecule has 0 amide bonds. The number of aliphatic hydroxyl groups excluding tert-OH is 2. The van der Waals surface area contributed by atoms with Gasteiger partial charge in [-0.25, -0.2) is 0 Å². The van der Waals surface area contributed by atoms with Crippen LogP contribution in [0.25, 0.3) is 0 Å². The van der Waals surface area contributed by atoms with Gasteiger partial charge in [-0.2, -0.15) is 10.5 Å². The molecule has 0 aromatic carbocycles. The molecule has 3 saturated carbocycles. The number of nitriles is 2. The largest absolute Gasteiger partial charge is 0.390 e. The minimum atomic E-state index is -0.788. The highest BCUT2D eigenvalue weighted by atomic mass is 16.3. The number of hydrogen-bond acceptors (Lipinski definition) is 4. The molecule has 0 radical (unpaired) electrons. The molecule has 0 heterocycles. The van der Waals surface area contributed by atoms with Gasteiger partial charge in [0.2, 0.25) is 0 Å². The zero-order valence-corrected chi connectivity index (χ0v) is 7.41. The summed E-state index contributed by atoms with van der Waals surface area (Å²) in [6, 6.07) is 4.31. The summed E-state index contributed by atoms with van der Waals surface area (Å²) in [7, 11) is 0. The van der Waals surface area contributed by atoms with Crippen LogP contribution in [-0.4, -0.2) is 22.4 Å². The topological polar surface area (TPSA) is 88.0 Å². The lowest BCUT2D eigenvalue weighted by Crippen LogP contribution is -2.34. The van der Waals surface area contributed by atoms with Crippen molar-refractivity contribution in [3.8, 4) is 12.1 Å². The Labute approximate surface area is 81.4 Å². The first-order valence-electron chi connectivity index (χ1n) is 4.87. The van der Waals surface area contributed by atoms with Crippen molar-refractivity contribution < 1.29 is 10.2 Å².